The minimum atomic E-state index is -0.866. The quantitative estimate of drug-likeness (QED) is 0.659. The number of carboxylic acid groups (broad SMARTS) is 1. The van der Waals surface area contributed by atoms with Crippen LogP contribution in [0.4, 0.5) is 0 Å². The second-order valence-electron chi connectivity index (χ2n) is 3.44. The third kappa shape index (κ3) is 2.99. The van der Waals surface area contributed by atoms with Gasteiger partial charge in [0.2, 0.25) is 5.91 Å². The van der Waals surface area contributed by atoms with Crippen molar-refractivity contribution in [3.63, 3.8) is 0 Å². The monoisotopic (exact) mass is 201 g/mol. The average molecular weight is 201 g/mol. The predicted octanol–water partition coefficient (Wildman–Crippen LogP) is 0.00230. The van der Waals surface area contributed by atoms with Crippen LogP contribution in [0.2, 0.25) is 0 Å². The number of carboxylic acids is 1. The molecule has 1 fully saturated rings. The Kier molecular flexibility index (Phi) is 3.88. The van der Waals surface area contributed by atoms with Crippen LogP contribution in [0.5, 0.6) is 0 Å². The average Bonchev–Trinajstić information content (AvgIpc) is 2.28. The van der Waals surface area contributed by atoms with Crippen LogP contribution in [0, 0.1) is 5.92 Å². The van der Waals surface area contributed by atoms with Gasteiger partial charge in [-0.05, 0) is 12.8 Å². The standard InChI is InChI=1S/C9H15NO4/c1-6(11)10-8-3-5-14-4-2-7(8)9(12)13/h7-8H,2-5H2,1H3,(H,10,11)(H,12,13)/t7-,8-/m1/s1. The third-order valence-corrected chi connectivity index (χ3v) is 2.34. The lowest BCUT2D eigenvalue weighted by molar-refractivity contribution is -0.143. The molecule has 1 saturated heterocycles. The maximum absolute atomic E-state index is 10.9. The Morgan fingerprint density at radius 1 is 1.36 bits per heavy atom. The molecule has 0 aliphatic carbocycles. The van der Waals surface area contributed by atoms with Crippen molar-refractivity contribution in [3.8, 4) is 0 Å². The first-order chi connectivity index (χ1) is 6.61. The summed E-state index contributed by atoms with van der Waals surface area (Å²) in [5, 5.41) is 11.6. The van der Waals surface area contributed by atoms with Gasteiger partial charge in [0.15, 0.2) is 0 Å². The van der Waals surface area contributed by atoms with Crippen molar-refractivity contribution in [2.45, 2.75) is 25.8 Å². The Balaban J connectivity index is 2.63. The molecule has 0 aromatic heterocycles. The van der Waals surface area contributed by atoms with Crippen LogP contribution in [0.25, 0.3) is 0 Å². The van der Waals surface area contributed by atoms with Gasteiger partial charge in [0.25, 0.3) is 0 Å². The van der Waals surface area contributed by atoms with Crippen LogP contribution in [0.1, 0.15) is 19.8 Å². The van der Waals surface area contributed by atoms with Crippen LogP contribution in [-0.2, 0) is 14.3 Å². The van der Waals surface area contributed by atoms with Crippen molar-refractivity contribution < 1.29 is 19.4 Å². The number of nitrogens with one attached hydrogen (secondary N) is 1. The van der Waals surface area contributed by atoms with Crippen molar-refractivity contribution in [3.05, 3.63) is 0 Å². The third-order valence-electron chi connectivity index (χ3n) is 2.34. The molecule has 1 aliphatic rings. The highest BCUT2D eigenvalue weighted by Crippen LogP contribution is 2.16. The first kappa shape index (κ1) is 11.0. The zero-order valence-electron chi connectivity index (χ0n) is 8.16. The van der Waals surface area contributed by atoms with Crippen molar-refractivity contribution in [2.24, 2.45) is 5.92 Å². The molecular weight excluding hydrogens is 186 g/mol. The summed E-state index contributed by atoms with van der Waals surface area (Å²) in [4.78, 5) is 21.7. The lowest BCUT2D eigenvalue weighted by Crippen LogP contribution is -2.42. The topological polar surface area (TPSA) is 75.6 Å². The zero-order chi connectivity index (χ0) is 10.6. The Labute approximate surface area is 82.4 Å². The number of hydrogen-bond donors (Lipinski definition) is 2. The molecule has 0 radical (unpaired) electrons. The summed E-state index contributed by atoms with van der Waals surface area (Å²) in [6.45, 7) is 2.35. The smallest absolute Gasteiger partial charge is 0.308 e. The number of ether oxygens (including phenoxy) is 1. The molecule has 1 heterocycles. The fourth-order valence-corrected chi connectivity index (χ4v) is 1.65. The first-order valence-electron chi connectivity index (χ1n) is 4.69. The molecule has 2 atom stereocenters. The molecule has 0 aromatic rings. The van der Waals surface area contributed by atoms with E-state index in [0.717, 1.165) is 0 Å². The number of rotatable bonds is 2. The van der Waals surface area contributed by atoms with Gasteiger partial charge in [0.1, 0.15) is 0 Å². The van der Waals surface area contributed by atoms with Crippen LogP contribution in [0.3, 0.4) is 0 Å². The summed E-state index contributed by atoms with van der Waals surface area (Å²) in [6, 6.07) is -0.299. The van der Waals surface area contributed by atoms with E-state index in [0.29, 0.717) is 26.1 Å². The molecule has 80 valence electrons. The van der Waals surface area contributed by atoms with Gasteiger partial charge < -0.3 is 15.2 Å². The summed E-state index contributed by atoms with van der Waals surface area (Å²) in [5.74, 6) is -1.58. The van der Waals surface area contributed by atoms with E-state index < -0.39 is 11.9 Å². The van der Waals surface area contributed by atoms with Crippen molar-refractivity contribution in [1.82, 2.24) is 5.32 Å². The lowest BCUT2D eigenvalue weighted by Gasteiger charge is -2.21. The highest BCUT2D eigenvalue weighted by atomic mass is 16.5. The van der Waals surface area contributed by atoms with Gasteiger partial charge in [-0.1, -0.05) is 0 Å². The Bertz CT molecular complexity index is 229. The van der Waals surface area contributed by atoms with Crippen LogP contribution in [0.15, 0.2) is 0 Å². The van der Waals surface area contributed by atoms with Crippen molar-refractivity contribution in [1.29, 1.82) is 0 Å². The van der Waals surface area contributed by atoms with E-state index in [1.165, 1.54) is 6.92 Å². The molecule has 5 nitrogen and oxygen atoms in total. The lowest BCUT2D eigenvalue weighted by atomic mass is 9.95. The molecule has 5 heteroatoms. The molecular formula is C9H15NO4. The molecule has 0 saturated carbocycles. The van der Waals surface area contributed by atoms with Gasteiger partial charge >= 0.3 is 5.97 Å². The zero-order valence-corrected chi connectivity index (χ0v) is 8.16. The van der Waals surface area contributed by atoms with E-state index >= 15 is 0 Å². The van der Waals surface area contributed by atoms with Gasteiger partial charge in [0, 0.05) is 26.2 Å². The molecule has 1 rings (SSSR count). The van der Waals surface area contributed by atoms with E-state index in [1.54, 1.807) is 0 Å². The maximum atomic E-state index is 10.9. The van der Waals surface area contributed by atoms with E-state index in [4.69, 9.17) is 9.84 Å². The van der Waals surface area contributed by atoms with Gasteiger partial charge in [-0.25, -0.2) is 0 Å². The largest absolute Gasteiger partial charge is 0.481 e. The number of hydrogen-bond acceptors (Lipinski definition) is 3. The van der Waals surface area contributed by atoms with Crippen molar-refractivity contribution in [2.75, 3.05) is 13.2 Å². The Morgan fingerprint density at radius 2 is 2.00 bits per heavy atom. The van der Waals surface area contributed by atoms with Crippen molar-refractivity contribution >= 4 is 11.9 Å². The molecule has 0 spiro atoms. The van der Waals surface area contributed by atoms with E-state index in [2.05, 4.69) is 5.32 Å². The molecule has 1 amide bonds. The summed E-state index contributed by atoms with van der Waals surface area (Å²) >= 11 is 0. The maximum Gasteiger partial charge on any atom is 0.308 e. The molecule has 2 N–H and O–H groups in total. The van der Waals surface area contributed by atoms with E-state index in [9.17, 15) is 9.59 Å². The number of amides is 1. The van der Waals surface area contributed by atoms with E-state index in [1.807, 2.05) is 0 Å². The number of carbonyl (C=O) groups is 2. The predicted molar refractivity (Wildman–Crippen MR) is 48.8 cm³/mol. The van der Waals surface area contributed by atoms with Gasteiger partial charge in [-0.2, -0.15) is 0 Å². The molecule has 0 bridgehead atoms. The molecule has 0 unspecified atom stereocenters. The second kappa shape index (κ2) is 4.95. The van der Waals surface area contributed by atoms with E-state index in [-0.39, 0.29) is 11.9 Å². The number of aliphatic carboxylic acids is 1. The molecule has 1 aliphatic heterocycles. The van der Waals surface area contributed by atoms with Gasteiger partial charge in [-0.3, -0.25) is 9.59 Å². The van der Waals surface area contributed by atoms with Gasteiger partial charge in [0.05, 0.1) is 5.92 Å². The molecule has 0 aromatic carbocycles. The van der Waals surface area contributed by atoms with Crippen LogP contribution in [-0.4, -0.2) is 36.2 Å². The summed E-state index contributed by atoms with van der Waals surface area (Å²) in [6.07, 6.45) is 1.02. The second-order valence-corrected chi connectivity index (χ2v) is 3.44. The summed E-state index contributed by atoms with van der Waals surface area (Å²) < 4.78 is 5.17. The highest BCUT2D eigenvalue weighted by molar-refractivity contribution is 5.76. The summed E-state index contributed by atoms with van der Waals surface area (Å²) in [7, 11) is 0. The fraction of sp³-hybridized carbons (Fsp3) is 0.778. The summed E-state index contributed by atoms with van der Waals surface area (Å²) in [5.41, 5.74) is 0. The minimum Gasteiger partial charge on any atom is -0.481 e. The fourth-order valence-electron chi connectivity index (χ4n) is 1.65. The minimum absolute atomic E-state index is 0.192. The van der Waals surface area contributed by atoms with Crippen LogP contribution < -0.4 is 5.32 Å². The van der Waals surface area contributed by atoms with Gasteiger partial charge in [-0.15, -0.1) is 0 Å². The molecule has 14 heavy (non-hydrogen) atoms. The number of carbonyl (C=O) groups excluding carboxylic acids is 1. The SMILES string of the molecule is CC(=O)N[C@@H]1CCOCC[C@H]1C(=O)O. The normalized spacial score (nSPS) is 27.8. The Hall–Kier alpha value is -1.10. The highest BCUT2D eigenvalue weighted by Gasteiger charge is 2.30. The Morgan fingerprint density at radius 3 is 2.57 bits per heavy atom. The van der Waals surface area contributed by atoms with Crippen LogP contribution >= 0.6 is 0 Å². The first-order valence-corrected chi connectivity index (χ1v) is 4.69.